The zero-order chi connectivity index (χ0) is 19.8. The molecule has 1 aliphatic heterocycles. The Balaban J connectivity index is 1.73. The molecule has 2 unspecified atom stereocenters. The molecule has 0 saturated carbocycles. The molecule has 2 aromatic rings. The van der Waals surface area contributed by atoms with Gasteiger partial charge >= 0.3 is 0 Å². The lowest BCUT2D eigenvalue weighted by molar-refractivity contribution is -0.133. The molecule has 28 heavy (non-hydrogen) atoms. The molecule has 0 aliphatic carbocycles. The largest absolute Gasteiger partial charge is 0.497 e. The van der Waals surface area contributed by atoms with Gasteiger partial charge in [0.25, 0.3) is 0 Å². The summed E-state index contributed by atoms with van der Waals surface area (Å²) in [5.41, 5.74) is 2.32. The molecule has 1 saturated heterocycles. The van der Waals surface area contributed by atoms with Crippen LogP contribution in [0.25, 0.3) is 0 Å². The third kappa shape index (κ3) is 5.59. The van der Waals surface area contributed by atoms with E-state index >= 15 is 0 Å². The summed E-state index contributed by atoms with van der Waals surface area (Å²) in [5.74, 6) is 1.25. The van der Waals surface area contributed by atoms with Crippen LogP contribution in [0.4, 0.5) is 0 Å². The van der Waals surface area contributed by atoms with Gasteiger partial charge in [0, 0.05) is 26.1 Å². The number of amides is 1. The normalized spacial score (nSPS) is 17.3. The van der Waals surface area contributed by atoms with E-state index in [-0.39, 0.29) is 17.9 Å². The van der Waals surface area contributed by atoms with Crippen LogP contribution < -0.4 is 4.74 Å². The first-order chi connectivity index (χ1) is 13.7. The van der Waals surface area contributed by atoms with Gasteiger partial charge in [0.15, 0.2) is 0 Å². The summed E-state index contributed by atoms with van der Waals surface area (Å²) < 4.78 is 11.2. The van der Waals surface area contributed by atoms with E-state index in [0.717, 1.165) is 37.2 Å². The van der Waals surface area contributed by atoms with Crippen LogP contribution in [0.15, 0.2) is 54.6 Å². The maximum absolute atomic E-state index is 13.3. The number of carbonyl (C=O) groups excluding carboxylic acids is 1. The fraction of sp³-hybridized carbons (Fsp3) is 0.458. The number of carbonyl (C=O) groups is 1. The maximum atomic E-state index is 13.3. The van der Waals surface area contributed by atoms with Crippen LogP contribution in [0.5, 0.6) is 5.75 Å². The Morgan fingerprint density at radius 2 is 2.04 bits per heavy atom. The molecule has 0 radical (unpaired) electrons. The standard InChI is InChI=1S/C24H31NO3/c1-3-20(21-10-5-4-6-11-21)16-24(26)25(18-23-13-8-14-28-23)17-19-9-7-12-22(15-19)27-2/h4-7,9-12,15,20,23H,3,8,13-14,16-18H2,1-2H3. The summed E-state index contributed by atoms with van der Waals surface area (Å²) in [6.07, 6.45) is 3.72. The molecular weight excluding hydrogens is 350 g/mol. The smallest absolute Gasteiger partial charge is 0.223 e. The van der Waals surface area contributed by atoms with Crippen LogP contribution in [0, 0.1) is 0 Å². The molecule has 4 nitrogen and oxygen atoms in total. The fourth-order valence-electron chi connectivity index (χ4n) is 3.84. The van der Waals surface area contributed by atoms with Crippen molar-refractivity contribution in [3.8, 4) is 5.75 Å². The zero-order valence-electron chi connectivity index (χ0n) is 17.0. The van der Waals surface area contributed by atoms with E-state index in [4.69, 9.17) is 9.47 Å². The number of ether oxygens (including phenoxy) is 2. The van der Waals surface area contributed by atoms with Crippen molar-refractivity contribution in [2.45, 2.75) is 51.2 Å². The quantitative estimate of drug-likeness (QED) is 0.627. The van der Waals surface area contributed by atoms with Gasteiger partial charge in [0.05, 0.1) is 13.2 Å². The zero-order valence-corrected chi connectivity index (χ0v) is 17.0. The van der Waals surface area contributed by atoms with Crippen molar-refractivity contribution < 1.29 is 14.3 Å². The molecule has 1 fully saturated rings. The lowest BCUT2D eigenvalue weighted by atomic mass is 9.92. The highest BCUT2D eigenvalue weighted by Gasteiger charge is 2.25. The molecule has 1 amide bonds. The van der Waals surface area contributed by atoms with Gasteiger partial charge in [-0.25, -0.2) is 0 Å². The molecule has 0 bridgehead atoms. The minimum Gasteiger partial charge on any atom is -0.497 e. The Hall–Kier alpha value is -2.33. The summed E-state index contributed by atoms with van der Waals surface area (Å²) in [7, 11) is 1.67. The highest BCUT2D eigenvalue weighted by molar-refractivity contribution is 5.77. The van der Waals surface area contributed by atoms with Crippen molar-refractivity contribution >= 4 is 5.91 Å². The Labute approximate surface area is 168 Å². The van der Waals surface area contributed by atoms with Crippen LogP contribution in [0.3, 0.4) is 0 Å². The van der Waals surface area contributed by atoms with Crippen LogP contribution in [-0.4, -0.2) is 37.2 Å². The van der Waals surface area contributed by atoms with Crippen molar-refractivity contribution in [3.05, 3.63) is 65.7 Å². The predicted octanol–water partition coefficient (Wildman–Crippen LogP) is 4.79. The molecule has 150 valence electrons. The third-order valence-electron chi connectivity index (χ3n) is 5.49. The summed E-state index contributed by atoms with van der Waals surface area (Å²) in [6, 6.07) is 18.3. The predicted molar refractivity (Wildman–Crippen MR) is 111 cm³/mol. The monoisotopic (exact) mass is 381 g/mol. The van der Waals surface area contributed by atoms with Gasteiger partial charge < -0.3 is 14.4 Å². The molecule has 1 aliphatic rings. The molecule has 2 atom stereocenters. The van der Waals surface area contributed by atoms with E-state index in [0.29, 0.717) is 19.5 Å². The van der Waals surface area contributed by atoms with E-state index < -0.39 is 0 Å². The molecule has 3 rings (SSSR count). The average molecular weight is 382 g/mol. The second-order valence-corrected chi connectivity index (χ2v) is 7.48. The van der Waals surface area contributed by atoms with Crippen LogP contribution in [-0.2, 0) is 16.1 Å². The highest BCUT2D eigenvalue weighted by Crippen LogP contribution is 2.25. The lowest BCUT2D eigenvalue weighted by Gasteiger charge is -2.27. The first-order valence-corrected chi connectivity index (χ1v) is 10.3. The van der Waals surface area contributed by atoms with Gasteiger partial charge in [-0.15, -0.1) is 0 Å². The molecule has 0 spiro atoms. The van der Waals surface area contributed by atoms with Crippen LogP contribution in [0.2, 0.25) is 0 Å². The Bertz CT molecular complexity index is 741. The second-order valence-electron chi connectivity index (χ2n) is 7.48. The minimum absolute atomic E-state index is 0.145. The van der Waals surface area contributed by atoms with E-state index in [1.54, 1.807) is 7.11 Å². The Kier molecular flexibility index (Phi) is 7.49. The topological polar surface area (TPSA) is 38.8 Å². The minimum atomic E-state index is 0.145. The van der Waals surface area contributed by atoms with Gasteiger partial charge in [0.2, 0.25) is 5.91 Å². The van der Waals surface area contributed by atoms with Gasteiger partial charge in [-0.1, -0.05) is 49.4 Å². The van der Waals surface area contributed by atoms with Crippen molar-refractivity contribution in [2.75, 3.05) is 20.3 Å². The molecular formula is C24H31NO3. The van der Waals surface area contributed by atoms with E-state index in [2.05, 4.69) is 19.1 Å². The van der Waals surface area contributed by atoms with Crippen molar-refractivity contribution in [1.29, 1.82) is 0 Å². The van der Waals surface area contributed by atoms with Gasteiger partial charge in [-0.2, -0.15) is 0 Å². The highest BCUT2D eigenvalue weighted by atomic mass is 16.5. The number of benzene rings is 2. The SMILES string of the molecule is CCC(CC(=O)N(Cc1cccc(OC)c1)CC1CCCO1)c1ccccc1. The Morgan fingerprint density at radius 1 is 1.21 bits per heavy atom. The molecule has 4 heteroatoms. The summed E-state index contributed by atoms with van der Waals surface area (Å²) >= 11 is 0. The summed E-state index contributed by atoms with van der Waals surface area (Å²) in [5, 5.41) is 0. The average Bonchev–Trinajstić information content (AvgIpc) is 3.25. The number of hydrogen-bond donors (Lipinski definition) is 0. The van der Waals surface area contributed by atoms with Gasteiger partial charge in [0.1, 0.15) is 5.75 Å². The number of hydrogen-bond acceptors (Lipinski definition) is 3. The first-order valence-electron chi connectivity index (χ1n) is 10.3. The van der Waals surface area contributed by atoms with E-state index in [1.165, 1.54) is 5.56 Å². The van der Waals surface area contributed by atoms with Gasteiger partial charge in [-0.05, 0) is 48.4 Å². The van der Waals surface area contributed by atoms with Crippen LogP contribution in [0.1, 0.15) is 49.7 Å². The molecule has 1 heterocycles. The lowest BCUT2D eigenvalue weighted by Crippen LogP contribution is -2.37. The van der Waals surface area contributed by atoms with Crippen molar-refractivity contribution in [1.82, 2.24) is 4.90 Å². The molecule has 0 N–H and O–H groups in total. The molecule has 0 aromatic heterocycles. The van der Waals surface area contributed by atoms with Gasteiger partial charge in [-0.3, -0.25) is 4.79 Å². The Morgan fingerprint density at radius 3 is 2.71 bits per heavy atom. The molecule has 2 aromatic carbocycles. The number of methoxy groups -OCH3 is 1. The maximum Gasteiger partial charge on any atom is 0.223 e. The van der Waals surface area contributed by atoms with Crippen molar-refractivity contribution in [2.24, 2.45) is 0 Å². The fourth-order valence-corrected chi connectivity index (χ4v) is 3.84. The number of rotatable bonds is 9. The first kappa shape index (κ1) is 20.4. The summed E-state index contributed by atoms with van der Waals surface area (Å²) in [4.78, 5) is 15.2. The van der Waals surface area contributed by atoms with E-state index in [1.807, 2.05) is 47.4 Å². The van der Waals surface area contributed by atoms with Crippen molar-refractivity contribution in [3.63, 3.8) is 0 Å². The summed E-state index contributed by atoms with van der Waals surface area (Å²) in [6.45, 7) is 4.19. The third-order valence-corrected chi connectivity index (χ3v) is 5.49. The number of nitrogens with zero attached hydrogens (tertiary/aromatic N) is 1. The second kappa shape index (κ2) is 10.3. The van der Waals surface area contributed by atoms with E-state index in [9.17, 15) is 4.79 Å². The van der Waals surface area contributed by atoms with Crippen LogP contribution >= 0.6 is 0 Å².